The fourth-order valence-corrected chi connectivity index (χ4v) is 4.98. The molecule has 1 aliphatic rings. The van der Waals surface area contributed by atoms with Crippen LogP contribution in [0.4, 0.5) is 24.5 Å². The third kappa shape index (κ3) is 5.10. The first-order valence-corrected chi connectivity index (χ1v) is 12.4. The molecule has 6 nitrogen and oxygen atoms in total. The second kappa shape index (κ2) is 10.8. The van der Waals surface area contributed by atoms with Crippen LogP contribution in [0.1, 0.15) is 39.0 Å². The summed E-state index contributed by atoms with van der Waals surface area (Å²) in [5.74, 6) is -0.650. The van der Waals surface area contributed by atoms with Gasteiger partial charge < -0.3 is 14.8 Å². The zero-order chi connectivity index (χ0) is 28.4. The number of carbonyl (C=O) groups excluding carboxylic acids is 2. The van der Waals surface area contributed by atoms with E-state index >= 15 is 0 Å². The summed E-state index contributed by atoms with van der Waals surface area (Å²) in [5.41, 5.74) is 1.09. The van der Waals surface area contributed by atoms with Gasteiger partial charge in [0.05, 0.1) is 31.7 Å². The van der Waals surface area contributed by atoms with E-state index in [2.05, 4.69) is 5.32 Å². The van der Waals surface area contributed by atoms with Crippen molar-refractivity contribution in [1.82, 2.24) is 0 Å². The molecule has 204 valence electrons. The number of nitrogens with one attached hydrogen (secondary N) is 1. The van der Waals surface area contributed by atoms with E-state index in [1.807, 2.05) is 0 Å². The maximum atomic E-state index is 14.0. The largest absolute Gasteiger partial charge is 0.497 e. The second-order valence-corrected chi connectivity index (χ2v) is 9.22. The summed E-state index contributed by atoms with van der Waals surface area (Å²) >= 11 is 0. The zero-order valence-electron chi connectivity index (χ0n) is 21.6. The molecular formula is C31H25F3N2O4. The van der Waals surface area contributed by atoms with E-state index in [4.69, 9.17) is 9.47 Å². The number of benzene rings is 4. The summed E-state index contributed by atoms with van der Waals surface area (Å²) in [4.78, 5) is 29.5. The highest BCUT2D eigenvalue weighted by Gasteiger charge is 2.45. The van der Waals surface area contributed by atoms with Crippen LogP contribution in [0.5, 0.6) is 11.5 Å². The number of nitrogens with zero attached hydrogens (tertiary/aromatic N) is 1. The molecule has 1 N–H and O–H groups in total. The van der Waals surface area contributed by atoms with E-state index in [0.29, 0.717) is 33.9 Å². The molecule has 0 spiro atoms. The summed E-state index contributed by atoms with van der Waals surface area (Å²) in [7, 11) is 3.07. The Balaban J connectivity index is 1.66. The second-order valence-electron chi connectivity index (χ2n) is 9.22. The van der Waals surface area contributed by atoms with E-state index in [9.17, 15) is 22.8 Å². The van der Waals surface area contributed by atoms with Crippen LogP contribution in [0.15, 0.2) is 97.1 Å². The standard InChI is InChI=1S/C31H25F3N2O4/c1-39-23-14-10-19(11-15-23)28-27(29(37)35-21-7-5-6-20(18-21)31(32,33)34)25-8-3-4-9-26(25)30(38)36(28)22-12-16-24(40-2)17-13-22/h3-18,27-28H,1-2H3,(H,35,37)/t27-,28-/m0/s1. The molecule has 2 amide bonds. The Kier molecular flexibility index (Phi) is 7.21. The van der Waals surface area contributed by atoms with Crippen molar-refractivity contribution in [3.05, 3.63) is 119 Å². The van der Waals surface area contributed by atoms with Crippen molar-refractivity contribution in [2.24, 2.45) is 0 Å². The van der Waals surface area contributed by atoms with Crippen LogP contribution in [0, 0.1) is 0 Å². The molecule has 0 saturated carbocycles. The van der Waals surface area contributed by atoms with Crippen LogP contribution in [-0.4, -0.2) is 26.0 Å². The van der Waals surface area contributed by atoms with Crippen molar-refractivity contribution < 1.29 is 32.2 Å². The quantitative estimate of drug-likeness (QED) is 0.287. The number of anilines is 2. The number of amides is 2. The molecule has 0 aromatic heterocycles. The lowest BCUT2D eigenvalue weighted by molar-refractivity contribution is -0.137. The molecule has 40 heavy (non-hydrogen) atoms. The Bertz CT molecular complexity index is 1540. The lowest BCUT2D eigenvalue weighted by Gasteiger charge is -2.42. The molecular weight excluding hydrogens is 521 g/mol. The van der Waals surface area contributed by atoms with Crippen molar-refractivity contribution in [1.29, 1.82) is 0 Å². The number of carbonyl (C=O) groups is 2. The van der Waals surface area contributed by atoms with Crippen LogP contribution in [0.3, 0.4) is 0 Å². The van der Waals surface area contributed by atoms with Gasteiger partial charge in [-0.3, -0.25) is 14.5 Å². The number of alkyl halides is 3. The van der Waals surface area contributed by atoms with Gasteiger partial charge >= 0.3 is 6.18 Å². The van der Waals surface area contributed by atoms with Gasteiger partial charge in [-0.1, -0.05) is 36.4 Å². The number of ether oxygens (including phenoxy) is 2. The fraction of sp³-hybridized carbons (Fsp3) is 0.161. The lowest BCUT2D eigenvalue weighted by Crippen LogP contribution is -2.46. The van der Waals surface area contributed by atoms with Crippen LogP contribution in [0.25, 0.3) is 0 Å². The monoisotopic (exact) mass is 546 g/mol. The molecule has 0 radical (unpaired) electrons. The molecule has 9 heteroatoms. The van der Waals surface area contributed by atoms with Gasteiger partial charge in [0.15, 0.2) is 0 Å². The molecule has 4 aromatic rings. The van der Waals surface area contributed by atoms with Gasteiger partial charge in [-0.2, -0.15) is 13.2 Å². The van der Waals surface area contributed by atoms with Gasteiger partial charge in [-0.05, 0) is 71.8 Å². The van der Waals surface area contributed by atoms with Crippen LogP contribution in [0.2, 0.25) is 0 Å². The summed E-state index contributed by atoms with van der Waals surface area (Å²) in [6, 6.07) is 24.3. The number of methoxy groups -OCH3 is 2. The molecule has 0 bridgehead atoms. The maximum Gasteiger partial charge on any atom is 0.416 e. The van der Waals surface area contributed by atoms with E-state index < -0.39 is 29.6 Å². The molecule has 5 rings (SSSR count). The molecule has 0 saturated heterocycles. The number of hydrogen-bond acceptors (Lipinski definition) is 4. The third-order valence-electron chi connectivity index (χ3n) is 6.89. The van der Waals surface area contributed by atoms with Gasteiger partial charge in [0, 0.05) is 16.9 Å². The van der Waals surface area contributed by atoms with Gasteiger partial charge in [-0.25, -0.2) is 0 Å². The molecule has 1 aliphatic heterocycles. The van der Waals surface area contributed by atoms with Crippen molar-refractivity contribution >= 4 is 23.2 Å². The smallest absolute Gasteiger partial charge is 0.416 e. The number of fused-ring (bicyclic) bond motifs is 1. The van der Waals surface area contributed by atoms with Crippen LogP contribution in [-0.2, 0) is 11.0 Å². The first-order valence-electron chi connectivity index (χ1n) is 12.4. The first-order chi connectivity index (χ1) is 19.2. The highest BCUT2D eigenvalue weighted by Crippen LogP contribution is 2.46. The Morgan fingerprint density at radius 3 is 2.08 bits per heavy atom. The van der Waals surface area contributed by atoms with E-state index in [-0.39, 0.29) is 11.6 Å². The van der Waals surface area contributed by atoms with E-state index in [0.717, 1.165) is 12.1 Å². The van der Waals surface area contributed by atoms with E-state index in [1.165, 1.54) is 26.4 Å². The van der Waals surface area contributed by atoms with Crippen molar-refractivity contribution in [2.45, 2.75) is 18.1 Å². The van der Waals surface area contributed by atoms with Gasteiger partial charge in [0.1, 0.15) is 11.5 Å². The summed E-state index contributed by atoms with van der Waals surface area (Å²) in [6.07, 6.45) is -4.57. The predicted octanol–water partition coefficient (Wildman–Crippen LogP) is 6.85. The highest BCUT2D eigenvalue weighted by atomic mass is 19.4. The minimum atomic E-state index is -4.57. The lowest BCUT2D eigenvalue weighted by atomic mass is 9.78. The Morgan fingerprint density at radius 1 is 0.825 bits per heavy atom. The number of rotatable bonds is 6. The van der Waals surface area contributed by atoms with Crippen molar-refractivity contribution in [3.63, 3.8) is 0 Å². The Morgan fingerprint density at radius 2 is 1.45 bits per heavy atom. The van der Waals surface area contributed by atoms with Crippen molar-refractivity contribution in [2.75, 3.05) is 24.4 Å². The minimum absolute atomic E-state index is 0.00122. The molecule has 0 aliphatic carbocycles. The van der Waals surface area contributed by atoms with Crippen LogP contribution < -0.4 is 19.7 Å². The van der Waals surface area contributed by atoms with Crippen molar-refractivity contribution in [3.8, 4) is 11.5 Å². The average Bonchev–Trinajstić information content (AvgIpc) is 2.97. The topological polar surface area (TPSA) is 67.9 Å². The molecule has 1 heterocycles. The number of hydrogen-bond donors (Lipinski definition) is 1. The van der Waals surface area contributed by atoms with Gasteiger partial charge in [0.25, 0.3) is 5.91 Å². The van der Waals surface area contributed by atoms with E-state index in [1.54, 1.807) is 77.7 Å². The third-order valence-corrected chi connectivity index (χ3v) is 6.89. The number of halogens is 3. The van der Waals surface area contributed by atoms with Crippen LogP contribution >= 0.6 is 0 Å². The first kappa shape index (κ1) is 26.8. The summed E-state index contributed by atoms with van der Waals surface area (Å²) < 4.78 is 50.7. The zero-order valence-corrected chi connectivity index (χ0v) is 21.6. The fourth-order valence-electron chi connectivity index (χ4n) is 4.98. The minimum Gasteiger partial charge on any atom is -0.497 e. The normalized spacial score (nSPS) is 16.7. The molecule has 4 aromatic carbocycles. The Labute approximate surface area is 229 Å². The maximum absolute atomic E-state index is 14.0. The predicted molar refractivity (Wildman–Crippen MR) is 145 cm³/mol. The summed E-state index contributed by atoms with van der Waals surface area (Å²) in [6.45, 7) is 0. The Hall–Kier alpha value is -4.79. The van der Waals surface area contributed by atoms with Gasteiger partial charge in [-0.15, -0.1) is 0 Å². The van der Waals surface area contributed by atoms with Gasteiger partial charge in [0.2, 0.25) is 5.91 Å². The summed E-state index contributed by atoms with van der Waals surface area (Å²) in [5, 5.41) is 2.67. The molecule has 0 unspecified atom stereocenters. The molecule has 2 atom stereocenters. The SMILES string of the molecule is COc1ccc([C@H]2[C@@H](C(=O)Nc3cccc(C(F)(F)F)c3)c3ccccc3C(=O)N2c2ccc(OC)cc2)cc1. The molecule has 0 fully saturated rings. The average molecular weight is 547 g/mol. The highest BCUT2D eigenvalue weighted by molar-refractivity contribution is 6.12.